The van der Waals surface area contributed by atoms with Crippen LogP contribution in [0.1, 0.15) is 11.1 Å². The van der Waals surface area contributed by atoms with Gasteiger partial charge in [-0.2, -0.15) is 0 Å². The van der Waals surface area contributed by atoms with E-state index in [2.05, 4.69) is 0 Å². The van der Waals surface area contributed by atoms with Crippen LogP contribution >= 0.6 is 11.6 Å². The van der Waals surface area contributed by atoms with Crippen molar-refractivity contribution >= 4 is 11.6 Å². The lowest BCUT2D eigenvalue weighted by atomic mass is 10.0. The van der Waals surface area contributed by atoms with Crippen molar-refractivity contribution < 1.29 is 5.11 Å². The first-order valence-electron chi connectivity index (χ1n) is 5.71. The summed E-state index contributed by atoms with van der Waals surface area (Å²) in [4.78, 5) is 0. The third kappa shape index (κ3) is 3.58. The van der Waals surface area contributed by atoms with Crippen LogP contribution in [0.2, 0.25) is 5.02 Å². The van der Waals surface area contributed by atoms with Gasteiger partial charge >= 0.3 is 0 Å². The zero-order chi connectivity index (χ0) is 12.1. The van der Waals surface area contributed by atoms with Gasteiger partial charge in [0.05, 0.1) is 6.10 Å². The molecule has 0 aliphatic heterocycles. The van der Waals surface area contributed by atoms with Crippen LogP contribution in [-0.2, 0) is 12.8 Å². The first-order valence-corrected chi connectivity index (χ1v) is 6.09. The Morgan fingerprint density at radius 2 is 1.53 bits per heavy atom. The molecule has 0 fully saturated rings. The Bertz CT molecular complexity index is 467. The van der Waals surface area contributed by atoms with Crippen LogP contribution < -0.4 is 0 Å². The number of benzene rings is 2. The molecule has 0 spiro atoms. The van der Waals surface area contributed by atoms with Crippen molar-refractivity contribution in [1.29, 1.82) is 0 Å². The molecule has 2 aromatic rings. The lowest BCUT2D eigenvalue weighted by molar-refractivity contribution is 0.175. The molecule has 88 valence electrons. The number of hydrogen-bond acceptors (Lipinski definition) is 1. The largest absolute Gasteiger partial charge is 0.392 e. The van der Waals surface area contributed by atoms with Gasteiger partial charge in [0, 0.05) is 11.4 Å². The first-order chi connectivity index (χ1) is 8.25. The minimum atomic E-state index is -0.391. The van der Waals surface area contributed by atoms with Crippen molar-refractivity contribution in [1.82, 2.24) is 0 Å². The van der Waals surface area contributed by atoms with E-state index in [0.717, 1.165) is 16.1 Å². The molecule has 0 aliphatic carbocycles. The highest BCUT2D eigenvalue weighted by Gasteiger charge is 2.08. The van der Waals surface area contributed by atoms with Gasteiger partial charge in [0.25, 0.3) is 0 Å². The van der Waals surface area contributed by atoms with Crippen LogP contribution in [0.4, 0.5) is 0 Å². The van der Waals surface area contributed by atoms with Crippen molar-refractivity contribution in [2.24, 2.45) is 0 Å². The summed E-state index contributed by atoms with van der Waals surface area (Å²) in [5.41, 5.74) is 2.14. The second-order valence-corrected chi connectivity index (χ2v) is 4.55. The standard InChI is InChI=1S/C15H15ClO/c16-15-9-5-4-8-13(15)11-14(17)10-12-6-2-1-3-7-12/h1-9,14,17H,10-11H2. The minimum Gasteiger partial charge on any atom is -0.392 e. The maximum Gasteiger partial charge on any atom is 0.0621 e. The molecule has 0 saturated heterocycles. The molecule has 2 aromatic carbocycles. The van der Waals surface area contributed by atoms with E-state index in [-0.39, 0.29) is 0 Å². The summed E-state index contributed by atoms with van der Waals surface area (Å²) in [6.07, 6.45) is 0.859. The summed E-state index contributed by atoms with van der Waals surface area (Å²) in [6.45, 7) is 0. The minimum absolute atomic E-state index is 0.391. The summed E-state index contributed by atoms with van der Waals surface area (Å²) >= 11 is 6.06. The van der Waals surface area contributed by atoms with E-state index in [1.807, 2.05) is 54.6 Å². The van der Waals surface area contributed by atoms with Crippen LogP contribution in [0.3, 0.4) is 0 Å². The second-order valence-electron chi connectivity index (χ2n) is 4.14. The Hall–Kier alpha value is -1.31. The molecule has 17 heavy (non-hydrogen) atoms. The third-order valence-corrected chi connectivity index (χ3v) is 3.10. The quantitative estimate of drug-likeness (QED) is 0.876. The van der Waals surface area contributed by atoms with Crippen molar-refractivity contribution in [3.63, 3.8) is 0 Å². The number of rotatable bonds is 4. The number of halogens is 1. The van der Waals surface area contributed by atoms with E-state index in [4.69, 9.17) is 11.6 Å². The summed E-state index contributed by atoms with van der Waals surface area (Å²) in [7, 11) is 0. The molecule has 0 heterocycles. The van der Waals surface area contributed by atoms with Crippen LogP contribution in [0.25, 0.3) is 0 Å². The fourth-order valence-electron chi connectivity index (χ4n) is 1.88. The number of aliphatic hydroxyl groups is 1. The van der Waals surface area contributed by atoms with Gasteiger partial charge in [-0.15, -0.1) is 0 Å². The van der Waals surface area contributed by atoms with Gasteiger partial charge in [0.15, 0.2) is 0 Å². The van der Waals surface area contributed by atoms with Gasteiger partial charge in [0.2, 0.25) is 0 Å². The van der Waals surface area contributed by atoms with Crippen molar-refractivity contribution in [3.05, 3.63) is 70.7 Å². The first kappa shape index (κ1) is 12.2. The van der Waals surface area contributed by atoms with E-state index in [1.54, 1.807) is 0 Å². The summed E-state index contributed by atoms with van der Waals surface area (Å²) in [5, 5.41) is 10.7. The molecule has 1 unspecified atom stereocenters. The van der Waals surface area contributed by atoms with Gasteiger partial charge in [-0.25, -0.2) is 0 Å². The molecule has 0 radical (unpaired) electrons. The molecule has 0 bridgehead atoms. The van der Waals surface area contributed by atoms with Gasteiger partial charge < -0.3 is 5.11 Å². The second kappa shape index (κ2) is 5.85. The van der Waals surface area contributed by atoms with E-state index in [0.29, 0.717) is 12.8 Å². The summed E-state index contributed by atoms with van der Waals surface area (Å²) < 4.78 is 0. The zero-order valence-electron chi connectivity index (χ0n) is 9.51. The molecule has 1 nitrogen and oxygen atoms in total. The Morgan fingerprint density at radius 3 is 2.24 bits per heavy atom. The predicted molar refractivity (Wildman–Crippen MR) is 71.3 cm³/mol. The van der Waals surface area contributed by atoms with Gasteiger partial charge in [-0.3, -0.25) is 0 Å². The third-order valence-electron chi connectivity index (χ3n) is 2.73. The van der Waals surface area contributed by atoms with Crippen molar-refractivity contribution in [3.8, 4) is 0 Å². The molecule has 0 saturated carbocycles. The number of aliphatic hydroxyl groups excluding tert-OH is 1. The average Bonchev–Trinajstić information content (AvgIpc) is 2.33. The Kier molecular flexibility index (Phi) is 4.18. The average molecular weight is 247 g/mol. The number of hydrogen-bond donors (Lipinski definition) is 1. The summed E-state index contributed by atoms with van der Waals surface area (Å²) in [5.74, 6) is 0. The predicted octanol–water partition coefficient (Wildman–Crippen LogP) is 3.49. The summed E-state index contributed by atoms with van der Waals surface area (Å²) in [6, 6.07) is 17.6. The molecular weight excluding hydrogens is 232 g/mol. The molecule has 2 heteroatoms. The molecule has 0 amide bonds. The fraction of sp³-hybridized carbons (Fsp3) is 0.200. The van der Waals surface area contributed by atoms with Gasteiger partial charge in [0.1, 0.15) is 0 Å². The van der Waals surface area contributed by atoms with Crippen LogP contribution in [-0.4, -0.2) is 11.2 Å². The van der Waals surface area contributed by atoms with E-state index in [9.17, 15) is 5.11 Å². The lowest BCUT2D eigenvalue weighted by Gasteiger charge is -2.11. The Labute approximate surface area is 107 Å². The van der Waals surface area contributed by atoms with Crippen molar-refractivity contribution in [2.45, 2.75) is 18.9 Å². The van der Waals surface area contributed by atoms with Gasteiger partial charge in [-0.1, -0.05) is 60.1 Å². The van der Waals surface area contributed by atoms with E-state index < -0.39 is 6.10 Å². The van der Waals surface area contributed by atoms with E-state index in [1.165, 1.54) is 0 Å². The normalized spacial score (nSPS) is 12.4. The Balaban J connectivity index is 1.98. The maximum atomic E-state index is 10.0. The topological polar surface area (TPSA) is 20.2 Å². The SMILES string of the molecule is OC(Cc1ccccc1)Cc1ccccc1Cl. The van der Waals surface area contributed by atoms with Crippen LogP contribution in [0.15, 0.2) is 54.6 Å². The monoisotopic (exact) mass is 246 g/mol. The molecule has 2 rings (SSSR count). The molecular formula is C15H15ClO. The molecule has 1 N–H and O–H groups in total. The molecule has 0 aromatic heterocycles. The fourth-order valence-corrected chi connectivity index (χ4v) is 2.09. The van der Waals surface area contributed by atoms with Crippen LogP contribution in [0, 0.1) is 0 Å². The highest BCUT2D eigenvalue weighted by atomic mass is 35.5. The highest BCUT2D eigenvalue weighted by Crippen LogP contribution is 2.17. The molecule has 1 atom stereocenters. The highest BCUT2D eigenvalue weighted by molar-refractivity contribution is 6.31. The zero-order valence-corrected chi connectivity index (χ0v) is 10.3. The lowest BCUT2D eigenvalue weighted by Crippen LogP contribution is -2.14. The van der Waals surface area contributed by atoms with Crippen LogP contribution in [0.5, 0.6) is 0 Å². The molecule has 0 aliphatic rings. The van der Waals surface area contributed by atoms with E-state index >= 15 is 0 Å². The smallest absolute Gasteiger partial charge is 0.0621 e. The van der Waals surface area contributed by atoms with Gasteiger partial charge in [-0.05, 0) is 23.6 Å². The Morgan fingerprint density at radius 1 is 0.882 bits per heavy atom. The maximum absolute atomic E-state index is 10.0. The van der Waals surface area contributed by atoms with Crippen molar-refractivity contribution in [2.75, 3.05) is 0 Å².